The lowest BCUT2D eigenvalue weighted by molar-refractivity contribution is -0.133. The molecule has 7 rings (SSSR count). The molecule has 1 aromatic heterocycles. The van der Waals surface area contributed by atoms with Gasteiger partial charge in [0.1, 0.15) is 11.5 Å². The van der Waals surface area contributed by atoms with Gasteiger partial charge in [0.05, 0.1) is 30.0 Å². The Kier molecular flexibility index (Phi) is 6.97. The van der Waals surface area contributed by atoms with Gasteiger partial charge in [0.25, 0.3) is 0 Å². The number of sulfonamides is 1. The second-order valence-electron chi connectivity index (χ2n) is 13.6. The molecule has 5 atom stereocenters. The number of benzene rings is 2. The number of nitrogens with one attached hydrogen (secondary N) is 1. The van der Waals surface area contributed by atoms with Gasteiger partial charge in [-0.25, -0.2) is 17.7 Å². The lowest BCUT2D eigenvalue weighted by atomic mass is 9.69. The third-order valence-corrected chi connectivity index (χ3v) is 13.1. The SMILES string of the molecule is Cc1oc(-c2ccccc2)nc1CCOc1cccc(C[C@H]2CNC[C@H]2C(=O)N2[C@@H]3CC4CC[C@]3(CS2(=O)=O)C4(C)C)c1. The van der Waals surface area contributed by atoms with Crippen molar-refractivity contribution in [2.45, 2.75) is 58.9 Å². The molecule has 8 nitrogen and oxygen atoms in total. The molecule has 2 bridgehead atoms. The molecule has 4 fully saturated rings. The van der Waals surface area contributed by atoms with Crippen LogP contribution in [-0.2, 0) is 27.7 Å². The van der Waals surface area contributed by atoms with Crippen LogP contribution in [0.3, 0.4) is 0 Å². The second-order valence-corrected chi connectivity index (χ2v) is 15.5. The number of carbonyl (C=O) groups is 1. The largest absolute Gasteiger partial charge is 0.493 e. The van der Waals surface area contributed by atoms with Crippen LogP contribution in [0.25, 0.3) is 11.5 Å². The van der Waals surface area contributed by atoms with Gasteiger partial charge in [-0.1, -0.05) is 44.2 Å². The van der Waals surface area contributed by atoms with Gasteiger partial charge in [-0.2, -0.15) is 0 Å². The van der Waals surface area contributed by atoms with E-state index in [4.69, 9.17) is 9.15 Å². The average molecular weight is 604 g/mol. The number of amides is 1. The van der Waals surface area contributed by atoms with E-state index in [9.17, 15) is 13.2 Å². The lowest BCUT2D eigenvalue weighted by Gasteiger charge is -2.37. The smallest absolute Gasteiger partial charge is 0.241 e. The van der Waals surface area contributed by atoms with Crippen molar-refractivity contribution in [2.24, 2.45) is 28.6 Å². The summed E-state index contributed by atoms with van der Waals surface area (Å²) in [7, 11) is -3.63. The lowest BCUT2D eigenvalue weighted by Crippen LogP contribution is -2.47. The van der Waals surface area contributed by atoms with Crippen LogP contribution in [0.1, 0.15) is 50.1 Å². The summed E-state index contributed by atoms with van der Waals surface area (Å²) in [5.74, 6) is 2.25. The quantitative estimate of drug-likeness (QED) is 0.386. The van der Waals surface area contributed by atoms with Gasteiger partial charge >= 0.3 is 0 Å². The molecule has 1 N–H and O–H groups in total. The van der Waals surface area contributed by atoms with Crippen LogP contribution in [0, 0.1) is 35.5 Å². The molecule has 43 heavy (non-hydrogen) atoms. The fourth-order valence-corrected chi connectivity index (χ4v) is 11.3. The second kappa shape index (κ2) is 10.5. The molecule has 2 saturated heterocycles. The van der Waals surface area contributed by atoms with Crippen molar-refractivity contribution in [3.05, 3.63) is 71.6 Å². The molecule has 1 amide bonds. The molecule has 1 spiro atoms. The zero-order valence-corrected chi connectivity index (χ0v) is 26.0. The number of carbonyl (C=O) groups excluding carboxylic acids is 1. The number of rotatable bonds is 8. The molecule has 0 radical (unpaired) electrons. The molecular formula is C34H41N3O5S. The summed E-state index contributed by atoms with van der Waals surface area (Å²) in [5.41, 5.74) is 2.56. The maximum absolute atomic E-state index is 14.0. The summed E-state index contributed by atoms with van der Waals surface area (Å²) in [6.45, 7) is 8.03. The van der Waals surface area contributed by atoms with Crippen LogP contribution in [0.15, 0.2) is 59.0 Å². The number of hydrogen-bond acceptors (Lipinski definition) is 7. The topological polar surface area (TPSA) is 102 Å². The average Bonchev–Trinajstić information content (AvgIpc) is 3.74. The summed E-state index contributed by atoms with van der Waals surface area (Å²) in [4.78, 5) is 18.7. The minimum absolute atomic E-state index is 0.0234. The van der Waals surface area contributed by atoms with Crippen LogP contribution in [-0.4, -0.2) is 55.1 Å². The highest BCUT2D eigenvalue weighted by Gasteiger charge is 2.72. The van der Waals surface area contributed by atoms with Gasteiger partial charge < -0.3 is 14.5 Å². The molecule has 3 aromatic rings. The number of ether oxygens (including phenoxy) is 1. The van der Waals surface area contributed by atoms with Gasteiger partial charge in [0.15, 0.2) is 0 Å². The highest BCUT2D eigenvalue weighted by molar-refractivity contribution is 7.90. The van der Waals surface area contributed by atoms with Crippen molar-refractivity contribution in [3.8, 4) is 17.2 Å². The fourth-order valence-electron chi connectivity index (χ4n) is 8.67. The first-order valence-electron chi connectivity index (χ1n) is 15.6. The summed E-state index contributed by atoms with van der Waals surface area (Å²) in [5, 5.41) is 3.38. The molecular weight excluding hydrogens is 562 g/mol. The van der Waals surface area contributed by atoms with E-state index in [1.165, 1.54) is 4.31 Å². The predicted molar refractivity (Wildman–Crippen MR) is 164 cm³/mol. The van der Waals surface area contributed by atoms with Crippen molar-refractivity contribution in [3.63, 3.8) is 0 Å². The van der Waals surface area contributed by atoms with Crippen molar-refractivity contribution >= 4 is 15.9 Å². The Labute approximate surface area is 254 Å². The van der Waals surface area contributed by atoms with E-state index in [0.29, 0.717) is 44.3 Å². The first-order valence-corrected chi connectivity index (χ1v) is 17.2. The molecule has 1 unspecified atom stereocenters. The van der Waals surface area contributed by atoms with Crippen LogP contribution < -0.4 is 10.1 Å². The zero-order valence-electron chi connectivity index (χ0n) is 25.2. The van der Waals surface area contributed by atoms with E-state index in [1.807, 2.05) is 55.5 Å². The van der Waals surface area contributed by atoms with Crippen molar-refractivity contribution in [2.75, 3.05) is 25.4 Å². The first kappa shape index (κ1) is 28.6. The molecule has 2 aliphatic carbocycles. The van der Waals surface area contributed by atoms with Gasteiger partial charge in [-0.05, 0) is 86.2 Å². The Morgan fingerprint density at radius 2 is 1.95 bits per heavy atom. The van der Waals surface area contributed by atoms with E-state index < -0.39 is 10.0 Å². The molecule has 2 aliphatic heterocycles. The number of fused-ring (bicyclic) bond motifs is 1. The minimum Gasteiger partial charge on any atom is -0.493 e. The van der Waals surface area contributed by atoms with Crippen LogP contribution in [0.5, 0.6) is 5.75 Å². The highest BCUT2D eigenvalue weighted by Crippen LogP contribution is 2.70. The molecule has 2 aromatic carbocycles. The van der Waals surface area contributed by atoms with Crippen LogP contribution in [0.2, 0.25) is 0 Å². The summed E-state index contributed by atoms with van der Waals surface area (Å²) in [6, 6.07) is 17.7. The highest BCUT2D eigenvalue weighted by atomic mass is 32.2. The Morgan fingerprint density at radius 1 is 1.14 bits per heavy atom. The van der Waals surface area contributed by atoms with Crippen molar-refractivity contribution in [1.82, 2.24) is 14.6 Å². The van der Waals surface area contributed by atoms with E-state index in [-0.39, 0.29) is 40.4 Å². The third kappa shape index (κ3) is 4.70. The van der Waals surface area contributed by atoms with E-state index in [2.05, 4.69) is 30.2 Å². The van der Waals surface area contributed by atoms with E-state index in [0.717, 1.165) is 47.6 Å². The molecule has 9 heteroatoms. The van der Waals surface area contributed by atoms with E-state index in [1.54, 1.807) is 0 Å². The number of aromatic nitrogens is 1. The number of hydrogen-bond donors (Lipinski definition) is 1. The normalized spacial score (nSPS) is 30.1. The van der Waals surface area contributed by atoms with Gasteiger partial charge in [0.2, 0.25) is 21.8 Å². The van der Waals surface area contributed by atoms with Crippen LogP contribution >= 0.6 is 0 Å². The zero-order chi connectivity index (χ0) is 30.0. The van der Waals surface area contributed by atoms with Crippen molar-refractivity contribution in [1.29, 1.82) is 0 Å². The first-order chi connectivity index (χ1) is 20.6. The van der Waals surface area contributed by atoms with Crippen LogP contribution in [0.4, 0.5) is 0 Å². The monoisotopic (exact) mass is 603 g/mol. The summed E-state index contributed by atoms with van der Waals surface area (Å²) >= 11 is 0. The summed E-state index contributed by atoms with van der Waals surface area (Å²) < 4.78 is 40.4. The number of nitrogens with zero attached hydrogens (tertiary/aromatic N) is 2. The maximum Gasteiger partial charge on any atom is 0.241 e. The number of oxazole rings is 1. The Morgan fingerprint density at radius 3 is 2.74 bits per heavy atom. The van der Waals surface area contributed by atoms with Gasteiger partial charge in [-0.3, -0.25) is 4.79 Å². The molecule has 4 aliphatic rings. The Bertz CT molecular complexity index is 1630. The fraction of sp³-hybridized carbons (Fsp3) is 0.529. The Balaban J connectivity index is 1.00. The molecule has 2 saturated carbocycles. The minimum atomic E-state index is -3.63. The van der Waals surface area contributed by atoms with Gasteiger partial charge in [-0.15, -0.1) is 0 Å². The molecule has 3 heterocycles. The predicted octanol–water partition coefficient (Wildman–Crippen LogP) is 5.02. The third-order valence-electron chi connectivity index (χ3n) is 11.2. The van der Waals surface area contributed by atoms with E-state index >= 15 is 0 Å². The van der Waals surface area contributed by atoms with Gasteiger partial charge in [0, 0.05) is 23.9 Å². The van der Waals surface area contributed by atoms with Crippen molar-refractivity contribution < 1.29 is 22.4 Å². The summed E-state index contributed by atoms with van der Waals surface area (Å²) in [6.07, 6.45) is 4.09. The maximum atomic E-state index is 14.0. The molecule has 228 valence electrons. The Hall–Kier alpha value is -3.17. The number of aryl methyl sites for hydroxylation is 1. The standard InChI is InChI=1S/C34H41N3O5S/c1-22-29(36-31(42-22)24-9-5-4-6-10-24)13-15-41-27-11-7-8-23(17-27)16-25-19-35-20-28(25)32(38)37-30-18-26-12-14-34(30,33(26,2)3)21-43(37,39)40/h4-11,17,25-26,28,30,35H,12-16,18-21H2,1-3H3/t25-,26?,28+,30+,34+/m0/s1.